The van der Waals surface area contributed by atoms with E-state index in [0.29, 0.717) is 11.1 Å². The summed E-state index contributed by atoms with van der Waals surface area (Å²) in [6.45, 7) is 1.68. The molecule has 2 aromatic heterocycles. The van der Waals surface area contributed by atoms with Gasteiger partial charge in [0.05, 0.1) is 5.69 Å². The Morgan fingerprint density at radius 1 is 1.33 bits per heavy atom. The zero-order valence-electron chi connectivity index (χ0n) is 9.25. The normalized spacial score (nSPS) is 11.6. The van der Waals surface area contributed by atoms with E-state index in [1.807, 2.05) is 0 Å². The predicted molar refractivity (Wildman–Crippen MR) is 57.8 cm³/mol. The molecule has 7 heteroatoms. The maximum absolute atomic E-state index is 12.5. The highest BCUT2D eigenvalue weighted by molar-refractivity contribution is 5.62. The first-order chi connectivity index (χ1) is 8.38. The molecule has 0 radical (unpaired) electrons. The van der Waals surface area contributed by atoms with Gasteiger partial charge < -0.3 is 4.98 Å². The van der Waals surface area contributed by atoms with E-state index in [-0.39, 0.29) is 5.69 Å². The number of nitrogens with one attached hydrogen (secondary N) is 1. The lowest BCUT2D eigenvalue weighted by atomic mass is 10.1. The summed E-state index contributed by atoms with van der Waals surface area (Å²) in [7, 11) is 0. The quantitative estimate of drug-likeness (QED) is 0.849. The van der Waals surface area contributed by atoms with E-state index in [0.717, 1.165) is 6.07 Å². The van der Waals surface area contributed by atoms with Crippen LogP contribution in [0.4, 0.5) is 13.2 Å². The number of aromatic amines is 1. The van der Waals surface area contributed by atoms with Crippen LogP contribution in [-0.2, 0) is 6.18 Å². The van der Waals surface area contributed by atoms with E-state index < -0.39 is 17.6 Å². The molecule has 0 aliphatic carbocycles. The molecule has 0 aliphatic heterocycles. The lowest BCUT2D eigenvalue weighted by molar-refractivity contribution is -0.145. The molecule has 2 heterocycles. The first-order valence-electron chi connectivity index (χ1n) is 4.97. The topological polar surface area (TPSA) is 58.6 Å². The van der Waals surface area contributed by atoms with Crippen molar-refractivity contribution in [2.75, 3.05) is 0 Å². The van der Waals surface area contributed by atoms with Crippen molar-refractivity contribution in [3.05, 3.63) is 46.3 Å². The number of hydrogen-bond donors (Lipinski definition) is 1. The SMILES string of the molecule is Cc1cnccc1-c1cc(=O)[nH]c(C(F)(F)F)n1. The summed E-state index contributed by atoms with van der Waals surface area (Å²) in [5.74, 6) is -1.30. The number of aromatic nitrogens is 3. The molecule has 2 aromatic rings. The number of aryl methyl sites for hydroxylation is 1. The molecule has 0 unspecified atom stereocenters. The van der Waals surface area contributed by atoms with Crippen LogP contribution in [-0.4, -0.2) is 15.0 Å². The summed E-state index contributed by atoms with van der Waals surface area (Å²) < 4.78 is 37.6. The molecule has 94 valence electrons. The largest absolute Gasteiger partial charge is 0.449 e. The van der Waals surface area contributed by atoms with Gasteiger partial charge in [0.15, 0.2) is 0 Å². The van der Waals surface area contributed by atoms with E-state index in [1.165, 1.54) is 18.5 Å². The second-order valence-electron chi connectivity index (χ2n) is 3.67. The highest BCUT2D eigenvalue weighted by Crippen LogP contribution is 2.27. The average molecular weight is 255 g/mol. The Morgan fingerprint density at radius 3 is 2.67 bits per heavy atom. The maximum atomic E-state index is 12.5. The standard InChI is InChI=1S/C11H8F3N3O/c1-6-5-15-3-2-7(6)8-4-9(18)17-10(16-8)11(12,13)14/h2-5H,1H3,(H,16,17,18). The van der Waals surface area contributed by atoms with Crippen molar-refractivity contribution >= 4 is 0 Å². The van der Waals surface area contributed by atoms with Crippen molar-refractivity contribution in [2.45, 2.75) is 13.1 Å². The Labute approximate surface area is 99.5 Å². The molecule has 0 atom stereocenters. The van der Waals surface area contributed by atoms with Crippen LogP contribution >= 0.6 is 0 Å². The summed E-state index contributed by atoms with van der Waals surface area (Å²) in [6.07, 6.45) is -1.76. The third kappa shape index (κ3) is 2.39. The maximum Gasteiger partial charge on any atom is 0.449 e. The number of pyridine rings is 1. The fourth-order valence-electron chi connectivity index (χ4n) is 1.49. The number of nitrogens with zero attached hydrogens (tertiary/aromatic N) is 2. The minimum atomic E-state index is -4.68. The Bertz CT molecular complexity index is 634. The molecule has 0 saturated heterocycles. The molecule has 0 fully saturated rings. The van der Waals surface area contributed by atoms with Crippen LogP contribution in [0.3, 0.4) is 0 Å². The molecule has 18 heavy (non-hydrogen) atoms. The van der Waals surface area contributed by atoms with Crippen molar-refractivity contribution in [1.29, 1.82) is 0 Å². The van der Waals surface area contributed by atoms with Gasteiger partial charge >= 0.3 is 6.18 Å². The van der Waals surface area contributed by atoms with Crippen LogP contribution in [0.25, 0.3) is 11.3 Å². The van der Waals surface area contributed by atoms with Gasteiger partial charge in [0, 0.05) is 24.0 Å². The lowest BCUT2D eigenvalue weighted by Crippen LogP contribution is -2.19. The van der Waals surface area contributed by atoms with Crippen molar-refractivity contribution < 1.29 is 13.2 Å². The zero-order chi connectivity index (χ0) is 13.3. The number of H-pyrrole nitrogens is 1. The number of alkyl halides is 3. The fraction of sp³-hybridized carbons (Fsp3) is 0.182. The smallest absolute Gasteiger partial charge is 0.303 e. The number of hydrogen-bond acceptors (Lipinski definition) is 3. The van der Waals surface area contributed by atoms with Crippen molar-refractivity contribution in [1.82, 2.24) is 15.0 Å². The summed E-state index contributed by atoms with van der Waals surface area (Å²) in [5, 5.41) is 0. The summed E-state index contributed by atoms with van der Waals surface area (Å²) in [5.41, 5.74) is 0.222. The van der Waals surface area contributed by atoms with E-state index in [9.17, 15) is 18.0 Å². The zero-order valence-corrected chi connectivity index (χ0v) is 9.25. The molecule has 0 bridgehead atoms. The van der Waals surface area contributed by atoms with Crippen LogP contribution in [0.1, 0.15) is 11.4 Å². The number of rotatable bonds is 1. The van der Waals surface area contributed by atoms with Gasteiger partial charge in [-0.05, 0) is 18.6 Å². The van der Waals surface area contributed by atoms with E-state index in [2.05, 4.69) is 9.97 Å². The molecule has 4 nitrogen and oxygen atoms in total. The number of halogens is 3. The van der Waals surface area contributed by atoms with Crippen molar-refractivity contribution in [3.63, 3.8) is 0 Å². The third-order valence-corrected chi connectivity index (χ3v) is 2.31. The Balaban J connectivity index is 2.63. The molecule has 0 aromatic carbocycles. The Morgan fingerprint density at radius 2 is 2.06 bits per heavy atom. The molecule has 1 N–H and O–H groups in total. The molecule has 2 rings (SSSR count). The average Bonchev–Trinajstić information content (AvgIpc) is 2.27. The van der Waals surface area contributed by atoms with Gasteiger partial charge in [0.25, 0.3) is 5.56 Å². The van der Waals surface area contributed by atoms with Gasteiger partial charge in [0.1, 0.15) is 0 Å². The van der Waals surface area contributed by atoms with E-state index >= 15 is 0 Å². The van der Waals surface area contributed by atoms with Gasteiger partial charge in [-0.3, -0.25) is 9.78 Å². The Hall–Kier alpha value is -2.18. The van der Waals surface area contributed by atoms with Crippen LogP contribution in [0, 0.1) is 6.92 Å². The molecule has 0 spiro atoms. The van der Waals surface area contributed by atoms with Gasteiger partial charge in [-0.15, -0.1) is 0 Å². The monoisotopic (exact) mass is 255 g/mol. The molecule has 0 saturated carbocycles. The van der Waals surface area contributed by atoms with E-state index in [4.69, 9.17) is 0 Å². The predicted octanol–water partition coefficient (Wildman–Crippen LogP) is 2.16. The van der Waals surface area contributed by atoms with Crippen LogP contribution in [0.5, 0.6) is 0 Å². The summed E-state index contributed by atoms with van der Waals surface area (Å²) >= 11 is 0. The minimum Gasteiger partial charge on any atom is -0.303 e. The first kappa shape index (κ1) is 12.3. The van der Waals surface area contributed by atoms with Crippen LogP contribution in [0.15, 0.2) is 29.3 Å². The second kappa shape index (κ2) is 4.25. The van der Waals surface area contributed by atoms with Gasteiger partial charge in [0.2, 0.25) is 5.82 Å². The highest BCUT2D eigenvalue weighted by Gasteiger charge is 2.34. The molecule has 0 amide bonds. The van der Waals surface area contributed by atoms with Crippen molar-refractivity contribution in [2.24, 2.45) is 0 Å². The fourth-order valence-corrected chi connectivity index (χ4v) is 1.49. The lowest BCUT2D eigenvalue weighted by Gasteiger charge is -2.08. The van der Waals surface area contributed by atoms with E-state index in [1.54, 1.807) is 11.9 Å². The Kier molecular flexibility index (Phi) is 2.90. The van der Waals surface area contributed by atoms with Gasteiger partial charge in [-0.25, -0.2) is 4.98 Å². The summed E-state index contributed by atoms with van der Waals surface area (Å²) in [4.78, 5) is 20.2. The molecular formula is C11H8F3N3O. The van der Waals surface area contributed by atoms with Crippen LogP contribution in [0.2, 0.25) is 0 Å². The molecular weight excluding hydrogens is 247 g/mol. The second-order valence-corrected chi connectivity index (χ2v) is 3.67. The minimum absolute atomic E-state index is 0.0222. The van der Waals surface area contributed by atoms with Crippen LogP contribution < -0.4 is 5.56 Å². The first-order valence-corrected chi connectivity index (χ1v) is 4.97. The molecule has 0 aliphatic rings. The van der Waals surface area contributed by atoms with Gasteiger partial charge in [-0.2, -0.15) is 13.2 Å². The van der Waals surface area contributed by atoms with Gasteiger partial charge in [-0.1, -0.05) is 0 Å². The summed E-state index contributed by atoms with van der Waals surface area (Å²) in [6, 6.07) is 2.54. The highest BCUT2D eigenvalue weighted by atomic mass is 19.4. The third-order valence-electron chi connectivity index (χ3n) is 2.31. The van der Waals surface area contributed by atoms with Crippen molar-refractivity contribution in [3.8, 4) is 11.3 Å².